The van der Waals surface area contributed by atoms with Crippen molar-refractivity contribution >= 4 is 7.98 Å². The van der Waals surface area contributed by atoms with Gasteiger partial charge in [0.25, 0.3) is 0 Å². The first-order chi connectivity index (χ1) is 3.39. The largest absolute Gasteiger partial charge is 0.406 e. The van der Waals surface area contributed by atoms with Gasteiger partial charge in [-0.2, -0.15) is 0 Å². The van der Waals surface area contributed by atoms with E-state index in [1.807, 2.05) is 12.8 Å². The second kappa shape index (κ2) is 1.87. The van der Waals surface area contributed by atoms with Gasteiger partial charge in [0, 0.05) is 0 Å². The Hall–Kier alpha value is -0.655. The highest BCUT2D eigenvalue weighted by Crippen LogP contribution is 1.96. The maximum atomic E-state index is 2.12. The van der Waals surface area contributed by atoms with Crippen molar-refractivity contribution in [2.45, 2.75) is 6.42 Å². The van der Waals surface area contributed by atoms with Gasteiger partial charge in [-0.05, 0) is 18.8 Å². The van der Waals surface area contributed by atoms with Gasteiger partial charge in [-0.25, -0.2) is 0 Å². The molecule has 0 saturated carbocycles. The van der Waals surface area contributed by atoms with Crippen LogP contribution < -0.4 is 0 Å². The molecule has 0 aromatic rings. The summed E-state index contributed by atoms with van der Waals surface area (Å²) < 4.78 is 0. The van der Waals surface area contributed by atoms with Gasteiger partial charge in [0.1, 0.15) is 0 Å². The Bertz CT molecular complexity index is 94.6. The van der Waals surface area contributed by atoms with E-state index in [-0.39, 0.29) is 0 Å². The number of rotatable bonds is 0. The first-order valence-corrected chi connectivity index (χ1v) is 2.45. The van der Waals surface area contributed by atoms with Crippen molar-refractivity contribution in [3.05, 3.63) is 24.6 Å². The quantitative estimate of drug-likeness (QED) is 0.388. The van der Waals surface area contributed by atoms with E-state index in [1.165, 1.54) is 0 Å². The maximum absolute atomic E-state index is 2.12. The summed E-state index contributed by atoms with van der Waals surface area (Å²) in [6.07, 6.45) is 9.45. The van der Waals surface area contributed by atoms with Crippen molar-refractivity contribution < 1.29 is 0 Å². The Morgan fingerprint density at radius 2 is 1.86 bits per heavy atom. The van der Waals surface area contributed by atoms with Crippen LogP contribution in [0, 0.1) is 0 Å². The Morgan fingerprint density at radius 1 is 1.29 bits per heavy atom. The summed E-state index contributed by atoms with van der Waals surface area (Å²) in [6, 6.07) is 0. The predicted octanol–water partition coefficient (Wildman–Crippen LogP) is 0.268. The molecular weight excluding hydrogens is 84.9 g/mol. The van der Waals surface area contributed by atoms with E-state index in [4.69, 9.17) is 0 Å². The first kappa shape index (κ1) is 4.50. The Kier molecular flexibility index (Phi) is 1.20. The summed E-state index contributed by atoms with van der Waals surface area (Å²) in [6.45, 7) is 0. The van der Waals surface area contributed by atoms with Gasteiger partial charge in [0.15, 0.2) is 0 Å². The van der Waals surface area contributed by atoms with Crippen LogP contribution in [-0.2, 0) is 0 Å². The molecule has 0 saturated heterocycles. The maximum Gasteiger partial charge on any atom is 0.222 e. The molecule has 0 amide bonds. The second-order valence-corrected chi connectivity index (χ2v) is 1.67. The summed E-state index contributed by atoms with van der Waals surface area (Å²) >= 11 is 0. The monoisotopic (exact) mass is 93.1 g/mol. The number of hydrogen-bond acceptors (Lipinski definition) is 1. The van der Waals surface area contributed by atoms with E-state index < -0.39 is 0 Å². The van der Waals surface area contributed by atoms with Gasteiger partial charge in [-0.1, -0.05) is 12.2 Å². The average Bonchev–Trinajstić information content (AvgIpc) is 1.69. The molecule has 1 rings (SSSR count). The van der Waals surface area contributed by atoms with Gasteiger partial charge < -0.3 is 4.81 Å². The Morgan fingerprint density at radius 3 is 2.14 bits per heavy atom. The minimum atomic E-state index is 1.09. The fraction of sp³-hybridized carbons (Fsp3) is 0.200. The predicted molar refractivity (Wildman–Crippen MR) is 33.3 cm³/mol. The van der Waals surface area contributed by atoms with Crippen LogP contribution in [0.4, 0.5) is 0 Å². The molecule has 0 unspecified atom stereocenters. The van der Waals surface area contributed by atoms with Gasteiger partial charge in [0.05, 0.1) is 0 Å². The molecule has 1 heterocycles. The summed E-state index contributed by atoms with van der Waals surface area (Å²) in [7, 11) is 2.02. The van der Waals surface area contributed by atoms with Crippen LogP contribution in [0.3, 0.4) is 0 Å². The van der Waals surface area contributed by atoms with Crippen LogP contribution in [0.25, 0.3) is 0 Å². The molecule has 0 aromatic heterocycles. The van der Waals surface area contributed by atoms with Crippen LogP contribution in [0.2, 0.25) is 0 Å². The smallest absolute Gasteiger partial charge is 0.222 e. The van der Waals surface area contributed by atoms with E-state index in [0.29, 0.717) is 0 Å². The summed E-state index contributed by atoms with van der Waals surface area (Å²) in [5, 5.41) is 0. The third kappa shape index (κ3) is 1.11. The third-order valence-electron chi connectivity index (χ3n) is 0.953. The molecule has 36 valence electrons. The van der Waals surface area contributed by atoms with Crippen molar-refractivity contribution in [2.24, 2.45) is 0 Å². The highest BCUT2D eigenvalue weighted by Gasteiger charge is 1.84. The van der Waals surface area contributed by atoms with Crippen LogP contribution in [0.5, 0.6) is 0 Å². The summed E-state index contributed by atoms with van der Waals surface area (Å²) in [4.78, 5) is 2.03. The molecule has 0 aromatic carbocycles. The van der Waals surface area contributed by atoms with Crippen LogP contribution >= 0.6 is 0 Å². The van der Waals surface area contributed by atoms with Crippen molar-refractivity contribution in [1.29, 1.82) is 0 Å². The van der Waals surface area contributed by atoms with Gasteiger partial charge >= 0.3 is 0 Å². The number of hydrogen-bond donors (Lipinski definition) is 0. The molecule has 1 aliphatic heterocycles. The van der Waals surface area contributed by atoms with Gasteiger partial charge in [-0.15, -0.1) is 0 Å². The number of allylic oxidation sites excluding steroid dienone is 2. The molecule has 1 nitrogen and oxygen atoms in total. The standard InChI is InChI=1S/C5H8BN/c6-7-4-2-1-3-5-7/h2-5H,1,6H2. The second-order valence-electron chi connectivity index (χ2n) is 1.67. The first-order valence-electron chi connectivity index (χ1n) is 2.45. The lowest BCUT2D eigenvalue weighted by Gasteiger charge is -2.09. The SMILES string of the molecule is BN1C=CCC=C1. The molecule has 0 atom stereocenters. The molecule has 2 heteroatoms. The lowest BCUT2D eigenvalue weighted by Crippen LogP contribution is -2.03. The van der Waals surface area contributed by atoms with Crippen molar-refractivity contribution in [2.75, 3.05) is 0 Å². The fourth-order valence-electron chi connectivity index (χ4n) is 0.583. The minimum absolute atomic E-state index is 1.09. The summed E-state index contributed by atoms with van der Waals surface area (Å²) in [5.74, 6) is 0. The molecule has 7 heavy (non-hydrogen) atoms. The molecule has 0 fully saturated rings. The number of nitrogens with zero attached hydrogens (tertiary/aromatic N) is 1. The zero-order chi connectivity index (χ0) is 5.11. The van der Waals surface area contributed by atoms with Crippen LogP contribution in [0.15, 0.2) is 24.6 Å². The van der Waals surface area contributed by atoms with E-state index in [2.05, 4.69) is 24.6 Å². The van der Waals surface area contributed by atoms with E-state index in [1.54, 1.807) is 0 Å². The molecule has 0 spiro atoms. The molecule has 0 aliphatic carbocycles. The lowest BCUT2D eigenvalue weighted by atomic mass is 10.2. The molecule has 0 radical (unpaired) electrons. The topological polar surface area (TPSA) is 3.24 Å². The molecule has 0 bridgehead atoms. The average molecular weight is 92.9 g/mol. The molecule has 1 aliphatic rings. The van der Waals surface area contributed by atoms with Crippen LogP contribution in [0.1, 0.15) is 6.42 Å². The van der Waals surface area contributed by atoms with Gasteiger partial charge in [0.2, 0.25) is 7.98 Å². The lowest BCUT2D eigenvalue weighted by molar-refractivity contribution is 0.800. The molecule has 0 N–H and O–H groups in total. The Balaban J connectivity index is 2.49. The van der Waals surface area contributed by atoms with E-state index >= 15 is 0 Å². The van der Waals surface area contributed by atoms with Crippen molar-refractivity contribution in [3.8, 4) is 0 Å². The van der Waals surface area contributed by atoms with Crippen molar-refractivity contribution in [3.63, 3.8) is 0 Å². The van der Waals surface area contributed by atoms with Crippen molar-refractivity contribution in [1.82, 2.24) is 4.81 Å². The molecular formula is C5H8BN. The third-order valence-corrected chi connectivity index (χ3v) is 0.953. The highest BCUT2D eigenvalue weighted by molar-refractivity contribution is 6.05. The van der Waals surface area contributed by atoms with E-state index in [9.17, 15) is 0 Å². The Labute approximate surface area is 44.7 Å². The van der Waals surface area contributed by atoms with Gasteiger partial charge in [-0.3, -0.25) is 0 Å². The van der Waals surface area contributed by atoms with Crippen LogP contribution in [-0.4, -0.2) is 12.8 Å². The minimum Gasteiger partial charge on any atom is -0.406 e. The highest BCUT2D eigenvalue weighted by atomic mass is 15.0. The summed E-state index contributed by atoms with van der Waals surface area (Å²) in [5.41, 5.74) is 0. The fourth-order valence-corrected chi connectivity index (χ4v) is 0.583. The van der Waals surface area contributed by atoms with E-state index in [0.717, 1.165) is 6.42 Å². The zero-order valence-electron chi connectivity index (χ0n) is 4.46. The normalized spacial score (nSPS) is 18.0. The zero-order valence-corrected chi connectivity index (χ0v) is 4.46.